The number of aryl methyl sites for hydroxylation is 1. The number of carbonyl (C=O) groups is 1. The van der Waals surface area contributed by atoms with Crippen LogP contribution in [0.3, 0.4) is 0 Å². The first-order valence-electron chi connectivity index (χ1n) is 8.92. The minimum absolute atomic E-state index is 0.132. The van der Waals surface area contributed by atoms with Crippen LogP contribution < -0.4 is 5.32 Å². The highest BCUT2D eigenvalue weighted by Crippen LogP contribution is 2.18. The lowest BCUT2D eigenvalue weighted by atomic mass is 10.1. The molecular weight excluding hydrogens is 366 g/mol. The molecular formula is C19H23N3O4S. The van der Waals surface area contributed by atoms with Crippen LogP contribution in [0.4, 0.5) is 0 Å². The molecule has 7 nitrogen and oxygen atoms in total. The molecule has 0 unspecified atom stereocenters. The summed E-state index contributed by atoms with van der Waals surface area (Å²) in [6.45, 7) is 1.93. The van der Waals surface area contributed by atoms with E-state index >= 15 is 0 Å². The molecule has 8 heteroatoms. The van der Waals surface area contributed by atoms with E-state index in [2.05, 4.69) is 10.3 Å². The van der Waals surface area contributed by atoms with Gasteiger partial charge in [-0.15, -0.1) is 0 Å². The second kappa shape index (κ2) is 9.07. The van der Waals surface area contributed by atoms with Crippen LogP contribution in [0.15, 0.2) is 53.7 Å². The molecule has 0 atom stereocenters. The zero-order valence-corrected chi connectivity index (χ0v) is 15.8. The number of hydrogen-bond donors (Lipinski definition) is 1. The topological polar surface area (TPSA) is 88.6 Å². The van der Waals surface area contributed by atoms with Gasteiger partial charge in [-0.25, -0.2) is 8.42 Å². The molecule has 2 heterocycles. The Kier molecular flexibility index (Phi) is 6.54. The number of amides is 1. The molecule has 3 rings (SSSR count). The molecule has 0 aliphatic carbocycles. The van der Waals surface area contributed by atoms with E-state index in [1.54, 1.807) is 18.3 Å². The maximum atomic E-state index is 12.7. The molecule has 0 bridgehead atoms. The molecule has 0 spiro atoms. The van der Waals surface area contributed by atoms with Gasteiger partial charge in [0.1, 0.15) is 0 Å². The minimum atomic E-state index is -3.61. The Labute approximate surface area is 159 Å². The summed E-state index contributed by atoms with van der Waals surface area (Å²) in [5.41, 5.74) is 1.45. The Bertz CT molecular complexity index is 866. The number of nitrogens with zero attached hydrogens (tertiary/aromatic N) is 2. The molecule has 2 aromatic rings. The van der Waals surface area contributed by atoms with E-state index in [-0.39, 0.29) is 10.8 Å². The number of aromatic nitrogens is 1. The SMILES string of the molecule is O=C(NCCCc1cccnc1)c1cccc(S(=O)(=O)N2CCOCC2)c1. The van der Waals surface area contributed by atoms with Gasteiger partial charge in [0, 0.05) is 37.6 Å². The van der Waals surface area contributed by atoms with Crippen molar-refractivity contribution < 1.29 is 17.9 Å². The average Bonchev–Trinajstić information content (AvgIpc) is 2.72. The van der Waals surface area contributed by atoms with Crippen molar-refractivity contribution in [1.82, 2.24) is 14.6 Å². The number of pyridine rings is 1. The summed E-state index contributed by atoms with van der Waals surface area (Å²) in [4.78, 5) is 16.6. The summed E-state index contributed by atoms with van der Waals surface area (Å²) >= 11 is 0. The lowest BCUT2D eigenvalue weighted by Gasteiger charge is -2.26. The van der Waals surface area contributed by atoms with Crippen LogP contribution in [-0.4, -0.2) is 56.5 Å². The summed E-state index contributed by atoms with van der Waals surface area (Å²) in [7, 11) is -3.61. The third-order valence-corrected chi connectivity index (χ3v) is 6.25. The number of benzene rings is 1. The number of morpholine rings is 1. The minimum Gasteiger partial charge on any atom is -0.379 e. The van der Waals surface area contributed by atoms with Crippen molar-refractivity contribution in [3.8, 4) is 0 Å². The van der Waals surface area contributed by atoms with Crippen LogP contribution >= 0.6 is 0 Å². The zero-order valence-electron chi connectivity index (χ0n) is 15.0. The highest BCUT2D eigenvalue weighted by atomic mass is 32.2. The Morgan fingerprint density at radius 1 is 1.19 bits per heavy atom. The van der Waals surface area contributed by atoms with Crippen LogP contribution in [0.5, 0.6) is 0 Å². The molecule has 1 aliphatic heterocycles. The van der Waals surface area contributed by atoms with Crippen molar-refractivity contribution in [3.05, 3.63) is 59.9 Å². The number of ether oxygens (including phenoxy) is 1. The first-order chi connectivity index (χ1) is 13.1. The van der Waals surface area contributed by atoms with Gasteiger partial charge >= 0.3 is 0 Å². The van der Waals surface area contributed by atoms with Crippen molar-refractivity contribution in [2.75, 3.05) is 32.8 Å². The van der Waals surface area contributed by atoms with E-state index in [1.807, 2.05) is 18.3 Å². The summed E-state index contributed by atoms with van der Waals surface area (Å²) in [6.07, 6.45) is 5.13. The van der Waals surface area contributed by atoms with E-state index in [1.165, 1.54) is 16.4 Å². The fourth-order valence-electron chi connectivity index (χ4n) is 2.88. The molecule has 0 saturated carbocycles. The predicted octanol–water partition coefficient (Wildman–Crippen LogP) is 1.47. The Balaban J connectivity index is 1.58. The van der Waals surface area contributed by atoms with Gasteiger partial charge in [-0.3, -0.25) is 9.78 Å². The highest BCUT2D eigenvalue weighted by molar-refractivity contribution is 7.89. The predicted molar refractivity (Wildman–Crippen MR) is 101 cm³/mol. The van der Waals surface area contributed by atoms with Gasteiger partial charge in [0.25, 0.3) is 5.91 Å². The van der Waals surface area contributed by atoms with Gasteiger partial charge in [-0.1, -0.05) is 12.1 Å². The molecule has 27 heavy (non-hydrogen) atoms. The van der Waals surface area contributed by atoms with E-state index < -0.39 is 10.0 Å². The quantitative estimate of drug-likeness (QED) is 0.725. The smallest absolute Gasteiger partial charge is 0.251 e. The maximum Gasteiger partial charge on any atom is 0.251 e. The maximum absolute atomic E-state index is 12.7. The van der Waals surface area contributed by atoms with Crippen LogP contribution in [0.25, 0.3) is 0 Å². The summed E-state index contributed by atoms with van der Waals surface area (Å²) in [5.74, 6) is -0.278. The third kappa shape index (κ3) is 5.12. The fourth-order valence-corrected chi connectivity index (χ4v) is 4.33. The molecule has 1 amide bonds. The molecule has 0 radical (unpaired) electrons. The van der Waals surface area contributed by atoms with Crippen molar-refractivity contribution in [1.29, 1.82) is 0 Å². The number of carbonyl (C=O) groups excluding carboxylic acids is 1. The average molecular weight is 389 g/mol. The van der Waals surface area contributed by atoms with Crippen LogP contribution in [0.1, 0.15) is 22.3 Å². The monoisotopic (exact) mass is 389 g/mol. The van der Waals surface area contributed by atoms with E-state index in [9.17, 15) is 13.2 Å². The fraction of sp³-hybridized carbons (Fsp3) is 0.368. The number of rotatable bonds is 7. The highest BCUT2D eigenvalue weighted by Gasteiger charge is 2.26. The Hall–Kier alpha value is -2.29. The second-order valence-electron chi connectivity index (χ2n) is 6.27. The van der Waals surface area contributed by atoms with Gasteiger partial charge in [-0.05, 0) is 42.7 Å². The van der Waals surface area contributed by atoms with Crippen molar-refractivity contribution in [3.63, 3.8) is 0 Å². The molecule has 1 aromatic carbocycles. The standard InChI is InChI=1S/C19H23N3O4S/c23-19(21-9-3-5-16-4-2-8-20-15-16)17-6-1-7-18(14-17)27(24,25)22-10-12-26-13-11-22/h1-2,4,6-8,14-15H,3,5,9-13H2,(H,21,23). The number of nitrogens with one attached hydrogen (secondary N) is 1. The molecule has 1 aliphatic rings. The van der Waals surface area contributed by atoms with Crippen LogP contribution in [-0.2, 0) is 21.2 Å². The van der Waals surface area contributed by atoms with E-state index in [0.29, 0.717) is 38.4 Å². The van der Waals surface area contributed by atoms with Gasteiger partial charge in [0.2, 0.25) is 10.0 Å². The molecule has 1 aromatic heterocycles. The normalized spacial score (nSPS) is 15.4. The Morgan fingerprint density at radius 2 is 2.00 bits per heavy atom. The van der Waals surface area contributed by atoms with Gasteiger partial charge in [0.05, 0.1) is 18.1 Å². The Morgan fingerprint density at radius 3 is 2.74 bits per heavy atom. The second-order valence-corrected chi connectivity index (χ2v) is 8.20. The zero-order chi connectivity index (χ0) is 19.1. The number of hydrogen-bond acceptors (Lipinski definition) is 5. The third-order valence-electron chi connectivity index (χ3n) is 4.35. The molecule has 1 N–H and O–H groups in total. The first-order valence-corrected chi connectivity index (χ1v) is 10.4. The number of sulfonamides is 1. The van der Waals surface area contributed by atoms with Gasteiger partial charge < -0.3 is 10.1 Å². The van der Waals surface area contributed by atoms with Gasteiger partial charge in [-0.2, -0.15) is 4.31 Å². The molecule has 1 fully saturated rings. The summed E-state index contributed by atoms with van der Waals surface area (Å²) in [5, 5.41) is 2.84. The largest absolute Gasteiger partial charge is 0.379 e. The first kappa shape index (κ1) is 19.5. The van der Waals surface area contributed by atoms with Crippen LogP contribution in [0, 0.1) is 0 Å². The van der Waals surface area contributed by atoms with Crippen molar-refractivity contribution in [2.24, 2.45) is 0 Å². The van der Waals surface area contributed by atoms with Gasteiger partial charge in [0.15, 0.2) is 0 Å². The summed E-state index contributed by atoms with van der Waals surface area (Å²) < 4.78 is 32.0. The van der Waals surface area contributed by atoms with Crippen molar-refractivity contribution >= 4 is 15.9 Å². The van der Waals surface area contributed by atoms with Crippen molar-refractivity contribution in [2.45, 2.75) is 17.7 Å². The lowest BCUT2D eigenvalue weighted by Crippen LogP contribution is -2.40. The summed E-state index contributed by atoms with van der Waals surface area (Å²) in [6, 6.07) is 10.0. The van der Waals surface area contributed by atoms with E-state index in [4.69, 9.17) is 4.74 Å². The lowest BCUT2D eigenvalue weighted by molar-refractivity contribution is 0.0730. The van der Waals surface area contributed by atoms with E-state index in [0.717, 1.165) is 18.4 Å². The molecule has 1 saturated heterocycles. The molecule has 144 valence electrons. The van der Waals surface area contributed by atoms with Crippen LogP contribution in [0.2, 0.25) is 0 Å².